The third-order valence-corrected chi connectivity index (χ3v) is 2.44. The molecule has 1 aliphatic rings. The quantitative estimate of drug-likeness (QED) is 0.789. The molecule has 0 saturated heterocycles. The molecule has 1 aromatic carbocycles. The van der Waals surface area contributed by atoms with Crippen LogP contribution in [0.1, 0.15) is 12.0 Å². The van der Waals surface area contributed by atoms with Gasteiger partial charge < -0.3 is 14.8 Å². The van der Waals surface area contributed by atoms with Gasteiger partial charge in [-0.15, -0.1) is 0 Å². The van der Waals surface area contributed by atoms with E-state index in [0.717, 1.165) is 22.7 Å². The first-order valence-corrected chi connectivity index (χ1v) is 5.32. The van der Waals surface area contributed by atoms with Crippen LogP contribution in [0.3, 0.4) is 0 Å². The fraction of sp³-hybridized carbons (Fsp3) is 0.417. The standard InChI is InChI=1S/C12H14N2O2/c1-9-7-11-12(16-6-5-15-11)8-10(9)14-4-2-3-13/h7-8,14H,2,4-6H2,1H3. The average Bonchev–Trinajstić information content (AvgIpc) is 2.30. The summed E-state index contributed by atoms with van der Waals surface area (Å²) >= 11 is 0. The summed E-state index contributed by atoms with van der Waals surface area (Å²) in [7, 11) is 0. The van der Waals surface area contributed by atoms with Gasteiger partial charge in [-0.25, -0.2) is 0 Å². The van der Waals surface area contributed by atoms with Crippen LogP contribution in [0.25, 0.3) is 0 Å². The summed E-state index contributed by atoms with van der Waals surface area (Å²) in [6, 6.07) is 5.99. The molecule has 0 saturated carbocycles. The van der Waals surface area contributed by atoms with Gasteiger partial charge in [0, 0.05) is 18.3 Å². The molecule has 0 bridgehead atoms. The van der Waals surface area contributed by atoms with Crippen molar-refractivity contribution in [3.63, 3.8) is 0 Å². The van der Waals surface area contributed by atoms with E-state index in [2.05, 4.69) is 11.4 Å². The van der Waals surface area contributed by atoms with Crippen molar-refractivity contribution < 1.29 is 9.47 Å². The van der Waals surface area contributed by atoms with Crippen LogP contribution in [0, 0.1) is 18.3 Å². The number of anilines is 1. The first-order chi connectivity index (χ1) is 7.81. The predicted molar refractivity (Wildman–Crippen MR) is 60.9 cm³/mol. The average molecular weight is 218 g/mol. The molecule has 1 N–H and O–H groups in total. The molecule has 4 nitrogen and oxygen atoms in total. The Kier molecular flexibility index (Phi) is 3.16. The highest BCUT2D eigenvalue weighted by Gasteiger charge is 2.13. The SMILES string of the molecule is Cc1cc2c(cc1NCCC#N)OCCO2. The Morgan fingerprint density at radius 3 is 2.69 bits per heavy atom. The van der Waals surface area contributed by atoms with Crippen molar-refractivity contribution >= 4 is 5.69 Å². The fourth-order valence-corrected chi connectivity index (χ4v) is 1.63. The van der Waals surface area contributed by atoms with E-state index in [-0.39, 0.29) is 0 Å². The largest absolute Gasteiger partial charge is 0.486 e. The second kappa shape index (κ2) is 4.75. The summed E-state index contributed by atoms with van der Waals surface area (Å²) in [5.41, 5.74) is 2.10. The summed E-state index contributed by atoms with van der Waals surface area (Å²) in [5.74, 6) is 1.57. The number of hydrogen-bond donors (Lipinski definition) is 1. The highest BCUT2D eigenvalue weighted by atomic mass is 16.6. The summed E-state index contributed by atoms with van der Waals surface area (Å²) in [4.78, 5) is 0. The molecule has 16 heavy (non-hydrogen) atoms. The molecular weight excluding hydrogens is 204 g/mol. The number of fused-ring (bicyclic) bond motifs is 1. The lowest BCUT2D eigenvalue weighted by Crippen LogP contribution is -2.16. The third-order valence-electron chi connectivity index (χ3n) is 2.44. The molecular formula is C12H14N2O2. The maximum absolute atomic E-state index is 8.47. The number of rotatable bonds is 3. The van der Waals surface area contributed by atoms with Crippen LogP contribution < -0.4 is 14.8 Å². The zero-order valence-corrected chi connectivity index (χ0v) is 9.25. The number of benzene rings is 1. The lowest BCUT2D eigenvalue weighted by molar-refractivity contribution is 0.171. The Morgan fingerprint density at radius 2 is 2.00 bits per heavy atom. The van der Waals surface area contributed by atoms with E-state index in [1.54, 1.807) is 0 Å². The number of nitriles is 1. The molecule has 0 radical (unpaired) electrons. The van der Waals surface area contributed by atoms with Gasteiger partial charge in [0.15, 0.2) is 11.5 Å². The summed E-state index contributed by atoms with van der Waals surface area (Å²) in [6.45, 7) is 3.85. The Morgan fingerprint density at radius 1 is 1.31 bits per heavy atom. The third kappa shape index (κ3) is 2.19. The van der Waals surface area contributed by atoms with E-state index in [1.807, 2.05) is 19.1 Å². The maximum atomic E-state index is 8.47. The minimum Gasteiger partial charge on any atom is -0.486 e. The second-order valence-electron chi connectivity index (χ2n) is 3.65. The number of ether oxygens (including phenoxy) is 2. The van der Waals surface area contributed by atoms with E-state index in [1.165, 1.54) is 0 Å². The lowest BCUT2D eigenvalue weighted by atomic mass is 10.1. The number of hydrogen-bond acceptors (Lipinski definition) is 4. The van der Waals surface area contributed by atoms with E-state index in [4.69, 9.17) is 14.7 Å². The zero-order chi connectivity index (χ0) is 11.4. The molecule has 84 valence electrons. The fourth-order valence-electron chi connectivity index (χ4n) is 1.63. The molecule has 1 heterocycles. The zero-order valence-electron chi connectivity index (χ0n) is 9.25. The highest BCUT2D eigenvalue weighted by molar-refractivity contribution is 5.60. The summed E-state index contributed by atoms with van der Waals surface area (Å²) < 4.78 is 11.0. The van der Waals surface area contributed by atoms with E-state index in [0.29, 0.717) is 26.2 Å². The molecule has 1 aliphatic heterocycles. The maximum Gasteiger partial charge on any atom is 0.163 e. The summed E-state index contributed by atoms with van der Waals surface area (Å²) in [6.07, 6.45) is 0.494. The topological polar surface area (TPSA) is 54.3 Å². The molecule has 0 unspecified atom stereocenters. The van der Waals surface area contributed by atoms with Crippen molar-refractivity contribution in [2.45, 2.75) is 13.3 Å². The van der Waals surface area contributed by atoms with Crippen molar-refractivity contribution in [1.29, 1.82) is 5.26 Å². The molecule has 4 heteroatoms. The lowest BCUT2D eigenvalue weighted by Gasteiger charge is -2.20. The van der Waals surface area contributed by atoms with Crippen molar-refractivity contribution in [1.82, 2.24) is 0 Å². The van der Waals surface area contributed by atoms with Gasteiger partial charge in [-0.05, 0) is 18.6 Å². The van der Waals surface area contributed by atoms with Crippen molar-refractivity contribution in [3.8, 4) is 17.6 Å². The molecule has 0 fully saturated rings. The molecule has 0 aliphatic carbocycles. The minimum atomic E-state index is 0.494. The van der Waals surface area contributed by atoms with E-state index in [9.17, 15) is 0 Å². The van der Waals surface area contributed by atoms with Gasteiger partial charge in [-0.3, -0.25) is 0 Å². The van der Waals surface area contributed by atoms with Crippen LogP contribution in [0.2, 0.25) is 0 Å². The number of nitrogens with one attached hydrogen (secondary N) is 1. The van der Waals surface area contributed by atoms with Gasteiger partial charge in [-0.1, -0.05) is 0 Å². The highest BCUT2D eigenvalue weighted by Crippen LogP contribution is 2.35. The van der Waals surface area contributed by atoms with E-state index < -0.39 is 0 Å². The first-order valence-electron chi connectivity index (χ1n) is 5.32. The molecule has 0 spiro atoms. The van der Waals surface area contributed by atoms with E-state index >= 15 is 0 Å². The van der Waals surface area contributed by atoms with Crippen molar-refractivity contribution in [3.05, 3.63) is 17.7 Å². The van der Waals surface area contributed by atoms with Gasteiger partial charge in [-0.2, -0.15) is 5.26 Å². The smallest absolute Gasteiger partial charge is 0.163 e. The van der Waals surface area contributed by atoms with Crippen LogP contribution in [0.15, 0.2) is 12.1 Å². The Labute approximate surface area is 94.8 Å². The van der Waals surface area contributed by atoms with Crippen molar-refractivity contribution in [2.24, 2.45) is 0 Å². The number of aryl methyl sites for hydroxylation is 1. The van der Waals surface area contributed by atoms with Crippen LogP contribution >= 0.6 is 0 Å². The summed E-state index contributed by atoms with van der Waals surface area (Å²) in [5, 5.41) is 11.7. The van der Waals surface area contributed by atoms with Gasteiger partial charge in [0.2, 0.25) is 0 Å². The van der Waals surface area contributed by atoms with Gasteiger partial charge in [0.25, 0.3) is 0 Å². The predicted octanol–water partition coefficient (Wildman–Crippen LogP) is 2.09. The monoisotopic (exact) mass is 218 g/mol. The van der Waals surface area contributed by atoms with Crippen LogP contribution in [-0.4, -0.2) is 19.8 Å². The Balaban J connectivity index is 2.16. The Bertz CT molecular complexity index is 424. The Hall–Kier alpha value is -1.89. The minimum absolute atomic E-state index is 0.494. The van der Waals surface area contributed by atoms with Crippen LogP contribution in [0.5, 0.6) is 11.5 Å². The number of nitrogens with zero attached hydrogens (tertiary/aromatic N) is 1. The molecule has 0 atom stereocenters. The van der Waals surface area contributed by atoms with Crippen LogP contribution in [0.4, 0.5) is 5.69 Å². The van der Waals surface area contributed by atoms with Gasteiger partial charge in [0.1, 0.15) is 13.2 Å². The molecule has 0 aromatic heterocycles. The molecule has 0 amide bonds. The van der Waals surface area contributed by atoms with Gasteiger partial charge in [0.05, 0.1) is 12.5 Å². The van der Waals surface area contributed by atoms with Crippen molar-refractivity contribution in [2.75, 3.05) is 25.1 Å². The van der Waals surface area contributed by atoms with Gasteiger partial charge >= 0.3 is 0 Å². The second-order valence-corrected chi connectivity index (χ2v) is 3.65. The van der Waals surface area contributed by atoms with Crippen LogP contribution in [-0.2, 0) is 0 Å². The first kappa shape index (κ1) is 10.6. The normalized spacial score (nSPS) is 13.0. The molecule has 1 aromatic rings. The molecule has 2 rings (SSSR count).